The predicted molar refractivity (Wildman–Crippen MR) is 81.1 cm³/mol. The van der Waals surface area contributed by atoms with Gasteiger partial charge in [-0.05, 0) is 56.0 Å². The maximum absolute atomic E-state index is 10.0. The molecule has 1 radical (unpaired) electrons. The molecular formula is C17H26NO2. The number of hydrogen-bond acceptors (Lipinski definition) is 3. The van der Waals surface area contributed by atoms with Crippen LogP contribution in [0.5, 0.6) is 5.75 Å². The van der Waals surface area contributed by atoms with E-state index < -0.39 is 6.10 Å². The lowest BCUT2D eigenvalue weighted by molar-refractivity contribution is 0.101. The van der Waals surface area contributed by atoms with Gasteiger partial charge in [-0.25, -0.2) is 0 Å². The Kier molecular flexibility index (Phi) is 5.86. The van der Waals surface area contributed by atoms with Gasteiger partial charge in [-0.15, -0.1) is 0 Å². The number of aliphatic hydroxyl groups excluding tert-OH is 1. The number of rotatable bonds is 6. The van der Waals surface area contributed by atoms with Crippen LogP contribution in [-0.4, -0.2) is 30.4 Å². The third-order valence-corrected chi connectivity index (χ3v) is 3.98. The SMILES string of the molecule is Cc1c[c]cc(C)c1OCC(O)CNC1CCCCC1. The molecule has 0 amide bonds. The Bertz CT molecular complexity index is 393. The van der Waals surface area contributed by atoms with Crippen LogP contribution >= 0.6 is 0 Å². The van der Waals surface area contributed by atoms with Crippen molar-refractivity contribution < 1.29 is 9.84 Å². The molecule has 1 aromatic rings. The van der Waals surface area contributed by atoms with E-state index in [2.05, 4.69) is 11.4 Å². The van der Waals surface area contributed by atoms with Crippen molar-refractivity contribution in [3.8, 4) is 5.75 Å². The molecule has 1 saturated carbocycles. The maximum atomic E-state index is 10.0. The van der Waals surface area contributed by atoms with E-state index in [0.29, 0.717) is 19.2 Å². The van der Waals surface area contributed by atoms with Crippen molar-refractivity contribution in [1.29, 1.82) is 0 Å². The Morgan fingerprint density at radius 1 is 1.25 bits per heavy atom. The summed E-state index contributed by atoms with van der Waals surface area (Å²) in [6.07, 6.45) is 5.99. The smallest absolute Gasteiger partial charge is 0.125 e. The van der Waals surface area contributed by atoms with Crippen LogP contribution in [-0.2, 0) is 0 Å². The van der Waals surface area contributed by atoms with Crippen LogP contribution in [0.25, 0.3) is 0 Å². The molecule has 1 fully saturated rings. The van der Waals surface area contributed by atoms with Crippen molar-refractivity contribution in [3.05, 3.63) is 29.3 Å². The third-order valence-electron chi connectivity index (χ3n) is 3.98. The van der Waals surface area contributed by atoms with Gasteiger partial charge in [-0.1, -0.05) is 19.3 Å². The highest BCUT2D eigenvalue weighted by atomic mass is 16.5. The van der Waals surface area contributed by atoms with E-state index in [1.54, 1.807) is 0 Å². The second-order valence-corrected chi connectivity index (χ2v) is 5.86. The lowest BCUT2D eigenvalue weighted by atomic mass is 9.95. The minimum atomic E-state index is -0.458. The highest BCUT2D eigenvalue weighted by molar-refractivity contribution is 5.39. The van der Waals surface area contributed by atoms with Gasteiger partial charge in [0, 0.05) is 12.6 Å². The monoisotopic (exact) mass is 276 g/mol. The highest BCUT2D eigenvalue weighted by Gasteiger charge is 2.15. The first-order chi connectivity index (χ1) is 9.66. The molecule has 20 heavy (non-hydrogen) atoms. The first kappa shape index (κ1) is 15.3. The van der Waals surface area contributed by atoms with Gasteiger partial charge in [0.1, 0.15) is 18.5 Å². The van der Waals surface area contributed by atoms with Gasteiger partial charge in [0.2, 0.25) is 0 Å². The number of ether oxygens (including phenoxy) is 1. The zero-order valence-electron chi connectivity index (χ0n) is 12.6. The summed E-state index contributed by atoms with van der Waals surface area (Å²) >= 11 is 0. The summed E-state index contributed by atoms with van der Waals surface area (Å²) in [5, 5.41) is 13.5. The van der Waals surface area contributed by atoms with Crippen LogP contribution in [0.2, 0.25) is 0 Å². The molecule has 1 aliphatic carbocycles. The van der Waals surface area contributed by atoms with Crippen molar-refractivity contribution >= 4 is 0 Å². The molecule has 1 unspecified atom stereocenters. The summed E-state index contributed by atoms with van der Waals surface area (Å²) in [5.74, 6) is 0.875. The van der Waals surface area contributed by atoms with E-state index in [1.807, 2.05) is 26.0 Å². The molecule has 0 saturated heterocycles. The zero-order valence-corrected chi connectivity index (χ0v) is 12.6. The third kappa shape index (κ3) is 4.50. The molecule has 0 heterocycles. The van der Waals surface area contributed by atoms with Gasteiger partial charge in [-0.2, -0.15) is 0 Å². The zero-order chi connectivity index (χ0) is 14.4. The van der Waals surface area contributed by atoms with Gasteiger partial charge in [0.15, 0.2) is 0 Å². The van der Waals surface area contributed by atoms with Crippen LogP contribution in [0.15, 0.2) is 12.1 Å². The first-order valence-electron chi connectivity index (χ1n) is 7.68. The standard InChI is InChI=1S/C17H26NO2/c1-13-7-6-8-14(2)17(13)20-12-16(19)11-18-15-9-4-3-5-10-15/h7-8,15-16,18-19H,3-5,9-12H2,1-2H3. The number of aryl methyl sites for hydroxylation is 2. The molecule has 0 bridgehead atoms. The second kappa shape index (κ2) is 7.65. The molecule has 1 aliphatic rings. The summed E-state index contributed by atoms with van der Waals surface area (Å²) in [6, 6.07) is 7.47. The molecule has 0 spiro atoms. The minimum Gasteiger partial charge on any atom is -0.490 e. The molecule has 2 rings (SSSR count). The van der Waals surface area contributed by atoms with Gasteiger partial charge in [-0.3, -0.25) is 0 Å². The summed E-state index contributed by atoms with van der Waals surface area (Å²) in [4.78, 5) is 0. The fourth-order valence-electron chi connectivity index (χ4n) is 2.81. The molecule has 1 atom stereocenters. The first-order valence-corrected chi connectivity index (χ1v) is 7.68. The Hall–Kier alpha value is -1.06. The average molecular weight is 276 g/mol. The molecule has 3 heteroatoms. The minimum absolute atomic E-state index is 0.339. The number of aliphatic hydroxyl groups is 1. The summed E-state index contributed by atoms with van der Waals surface area (Å²) in [7, 11) is 0. The lowest BCUT2D eigenvalue weighted by Crippen LogP contribution is -2.39. The van der Waals surface area contributed by atoms with Crippen molar-refractivity contribution in [1.82, 2.24) is 5.32 Å². The van der Waals surface area contributed by atoms with Gasteiger partial charge >= 0.3 is 0 Å². The van der Waals surface area contributed by atoms with Gasteiger partial charge < -0.3 is 15.2 Å². The fraction of sp³-hybridized carbons (Fsp3) is 0.647. The lowest BCUT2D eigenvalue weighted by Gasteiger charge is -2.24. The normalized spacial score (nSPS) is 17.9. The molecule has 2 N–H and O–H groups in total. The van der Waals surface area contributed by atoms with Crippen LogP contribution in [0, 0.1) is 19.9 Å². The molecule has 0 aromatic heterocycles. The van der Waals surface area contributed by atoms with Crippen LogP contribution in [0.4, 0.5) is 0 Å². The number of hydrogen-bond donors (Lipinski definition) is 2. The van der Waals surface area contributed by atoms with Crippen LogP contribution in [0.1, 0.15) is 43.2 Å². The van der Waals surface area contributed by atoms with Crippen LogP contribution < -0.4 is 10.1 Å². The topological polar surface area (TPSA) is 41.5 Å². The van der Waals surface area contributed by atoms with Crippen molar-refractivity contribution in [3.63, 3.8) is 0 Å². The largest absolute Gasteiger partial charge is 0.490 e. The average Bonchev–Trinajstić information content (AvgIpc) is 2.46. The highest BCUT2D eigenvalue weighted by Crippen LogP contribution is 2.22. The Morgan fingerprint density at radius 2 is 1.90 bits per heavy atom. The molecule has 1 aromatic carbocycles. The Labute approximate surface area is 122 Å². The number of benzene rings is 1. The predicted octanol–water partition coefficient (Wildman–Crippen LogP) is 2.77. The van der Waals surface area contributed by atoms with Crippen molar-refractivity contribution in [2.24, 2.45) is 0 Å². The van der Waals surface area contributed by atoms with Crippen molar-refractivity contribution in [2.75, 3.05) is 13.2 Å². The van der Waals surface area contributed by atoms with Gasteiger partial charge in [0.25, 0.3) is 0 Å². The maximum Gasteiger partial charge on any atom is 0.125 e. The Balaban J connectivity index is 1.73. The van der Waals surface area contributed by atoms with E-state index in [0.717, 1.165) is 16.9 Å². The van der Waals surface area contributed by atoms with Crippen molar-refractivity contribution in [2.45, 2.75) is 58.1 Å². The molecular weight excluding hydrogens is 250 g/mol. The molecule has 3 nitrogen and oxygen atoms in total. The quantitative estimate of drug-likeness (QED) is 0.839. The fourth-order valence-corrected chi connectivity index (χ4v) is 2.81. The van der Waals surface area contributed by atoms with E-state index >= 15 is 0 Å². The summed E-state index contributed by atoms with van der Waals surface area (Å²) in [5.41, 5.74) is 2.13. The molecule has 0 aliphatic heterocycles. The van der Waals surface area contributed by atoms with E-state index in [9.17, 15) is 5.11 Å². The van der Waals surface area contributed by atoms with E-state index in [-0.39, 0.29) is 0 Å². The molecule has 111 valence electrons. The summed E-state index contributed by atoms with van der Waals surface area (Å²) in [6.45, 7) is 4.96. The summed E-state index contributed by atoms with van der Waals surface area (Å²) < 4.78 is 5.76. The van der Waals surface area contributed by atoms with E-state index in [4.69, 9.17) is 4.74 Å². The van der Waals surface area contributed by atoms with E-state index in [1.165, 1.54) is 32.1 Å². The second-order valence-electron chi connectivity index (χ2n) is 5.86. The van der Waals surface area contributed by atoms with Crippen LogP contribution in [0.3, 0.4) is 0 Å². The van der Waals surface area contributed by atoms with Gasteiger partial charge in [0.05, 0.1) is 0 Å². The Morgan fingerprint density at radius 3 is 2.55 bits per heavy atom. The number of nitrogens with one attached hydrogen (secondary N) is 1.